The Bertz CT molecular complexity index is 224. The first-order valence-electron chi connectivity index (χ1n) is 3.33. The van der Waals surface area contributed by atoms with E-state index >= 15 is 0 Å². The second-order valence-electron chi connectivity index (χ2n) is 2.10. The first kappa shape index (κ1) is 9.82. The van der Waals surface area contributed by atoms with Gasteiger partial charge in [-0.25, -0.2) is 4.39 Å². The molecule has 0 rings (SSSR count). The SMILES string of the molecule is C=CC(=CC(F)=CC)C(C)=N. The highest BCUT2D eigenvalue weighted by atomic mass is 19.1. The molecular weight excluding hydrogens is 141 g/mol. The van der Waals surface area contributed by atoms with Gasteiger partial charge in [0.2, 0.25) is 0 Å². The molecule has 0 unspecified atom stereocenters. The summed E-state index contributed by atoms with van der Waals surface area (Å²) in [7, 11) is 0. The molecule has 0 saturated carbocycles. The highest BCUT2D eigenvalue weighted by Gasteiger charge is 1.94. The van der Waals surface area contributed by atoms with E-state index in [1.807, 2.05) is 0 Å². The summed E-state index contributed by atoms with van der Waals surface area (Å²) in [4.78, 5) is 0. The molecule has 0 atom stereocenters. The fourth-order valence-corrected chi connectivity index (χ4v) is 0.552. The molecule has 0 aliphatic carbocycles. The van der Waals surface area contributed by atoms with Gasteiger partial charge in [0.15, 0.2) is 0 Å². The molecule has 0 bridgehead atoms. The molecule has 2 heteroatoms. The topological polar surface area (TPSA) is 23.9 Å². The van der Waals surface area contributed by atoms with Crippen LogP contribution in [0.25, 0.3) is 0 Å². The Labute approximate surface area is 66.4 Å². The van der Waals surface area contributed by atoms with Crippen molar-refractivity contribution in [3.63, 3.8) is 0 Å². The Kier molecular flexibility index (Phi) is 4.11. The molecule has 1 nitrogen and oxygen atoms in total. The number of nitrogens with one attached hydrogen (secondary N) is 1. The zero-order valence-electron chi connectivity index (χ0n) is 6.82. The Balaban J connectivity index is 4.62. The Morgan fingerprint density at radius 3 is 2.36 bits per heavy atom. The van der Waals surface area contributed by atoms with Crippen LogP contribution < -0.4 is 0 Å². The molecule has 0 heterocycles. The molecule has 0 fully saturated rings. The van der Waals surface area contributed by atoms with Crippen LogP contribution in [-0.2, 0) is 0 Å². The number of rotatable bonds is 3. The van der Waals surface area contributed by atoms with Gasteiger partial charge in [0, 0.05) is 5.71 Å². The molecule has 60 valence electrons. The van der Waals surface area contributed by atoms with E-state index in [-0.39, 0.29) is 5.83 Å². The molecule has 0 amide bonds. The molecule has 0 radical (unpaired) electrons. The quantitative estimate of drug-likeness (QED) is 0.476. The predicted molar refractivity (Wildman–Crippen MR) is 46.5 cm³/mol. The van der Waals surface area contributed by atoms with Gasteiger partial charge in [0.25, 0.3) is 0 Å². The van der Waals surface area contributed by atoms with Crippen LogP contribution in [0.3, 0.4) is 0 Å². The van der Waals surface area contributed by atoms with Crippen molar-refractivity contribution in [1.82, 2.24) is 0 Å². The number of hydrogen-bond acceptors (Lipinski definition) is 1. The fourth-order valence-electron chi connectivity index (χ4n) is 0.552. The standard InChI is InChI=1S/C9H12FN/c1-4-8(7(3)11)6-9(10)5-2/h4-6,11H,1H2,2-3H3. The summed E-state index contributed by atoms with van der Waals surface area (Å²) >= 11 is 0. The lowest BCUT2D eigenvalue weighted by Crippen LogP contribution is -1.90. The number of hydrogen-bond donors (Lipinski definition) is 1. The maximum atomic E-state index is 12.6. The maximum Gasteiger partial charge on any atom is 0.119 e. The summed E-state index contributed by atoms with van der Waals surface area (Å²) in [6, 6.07) is 0. The van der Waals surface area contributed by atoms with E-state index in [1.165, 1.54) is 18.2 Å². The smallest absolute Gasteiger partial charge is 0.119 e. The summed E-state index contributed by atoms with van der Waals surface area (Å²) in [6.45, 7) is 6.66. The summed E-state index contributed by atoms with van der Waals surface area (Å²) < 4.78 is 12.6. The van der Waals surface area contributed by atoms with Crippen molar-refractivity contribution in [2.45, 2.75) is 13.8 Å². The lowest BCUT2D eigenvalue weighted by Gasteiger charge is -1.95. The van der Waals surface area contributed by atoms with Gasteiger partial charge in [-0.3, -0.25) is 0 Å². The zero-order chi connectivity index (χ0) is 8.85. The minimum atomic E-state index is -0.341. The monoisotopic (exact) mass is 153 g/mol. The van der Waals surface area contributed by atoms with Gasteiger partial charge in [0.05, 0.1) is 0 Å². The normalized spacial score (nSPS) is 13.0. The lowest BCUT2D eigenvalue weighted by atomic mass is 10.1. The first-order chi connectivity index (χ1) is 5.11. The fraction of sp³-hybridized carbons (Fsp3) is 0.222. The van der Waals surface area contributed by atoms with E-state index in [9.17, 15) is 4.39 Å². The van der Waals surface area contributed by atoms with Crippen LogP contribution in [0, 0.1) is 5.41 Å². The van der Waals surface area contributed by atoms with Gasteiger partial charge >= 0.3 is 0 Å². The van der Waals surface area contributed by atoms with Crippen molar-refractivity contribution in [2.75, 3.05) is 0 Å². The van der Waals surface area contributed by atoms with Crippen LogP contribution in [0.5, 0.6) is 0 Å². The van der Waals surface area contributed by atoms with Crippen molar-refractivity contribution in [3.8, 4) is 0 Å². The summed E-state index contributed by atoms with van der Waals surface area (Å²) in [5, 5.41) is 7.19. The van der Waals surface area contributed by atoms with Gasteiger partial charge < -0.3 is 5.41 Å². The lowest BCUT2D eigenvalue weighted by molar-refractivity contribution is 0.664. The van der Waals surface area contributed by atoms with E-state index < -0.39 is 0 Å². The van der Waals surface area contributed by atoms with Crippen LogP contribution in [0.2, 0.25) is 0 Å². The molecule has 0 aliphatic heterocycles. The average Bonchev–Trinajstić information content (AvgIpc) is 1.99. The third-order valence-electron chi connectivity index (χ3n) is 1.22. The Morgan fingerprint density at radius 2 is 2.09 bits per heavy atom. The van der Waals surface area contributed by atoms with E-state index in [4.69, 9.17) is 5.41 Å². The van der Waals surface area contributed by atoms with Gasteiger partial charge in [-0.1, -0.05) is 18.7 Å². The van der Waals surface area contributed by atoms with Crippen LogP contribution in [0.4, 0.5) is 4.39 Å². The van der Waals surface area contributed by atoms with Crippen LogP contribution in [0.1, 0.15) is 13.8 Å². The summed E-state index contributed by atoms with van der Waals surface area (Å²) in [6.07, 6.45) is 4.09. The van der Waals surface area contributed by atoms with E-state index in [2.05, 4.69) is 6.58 Å². The summed E-state index contributed by atoms with van der Waals surface area (Å²) in [5.74, 6) is -0.341. The van der Waals surface area contributed by atoms with Crippen LogP contribution in [-0.4, -0.2) is 5.71 Å². The second kappa shape index (κ2) is 4.61. The van der Waals surface area contributed by atoms with Crippen LogP contribution >= 0.6 is 0 Å². The number of allylic oxidation sites excluding steroid dienone is 5. The Morgan fingerprint density at radius 1 is 1.55 bits per heavy atom. The summed E-state index contributed by atoms with van der Waals surface area (Å²) in [5.41, 5.74) is 0.831. The second-order valence-corrected chi connectivity index (χ2v) is 2.10. The van der Waals surface area contributed by atoms with Crippen molar-refractivity contribution >= 4 is 5.71 Å². The first-order valence-corrected chi connectivity index (χ1v) is 3.33. The zero-order valence-corrected chi connectivity index (χ0v) is 6.82. The van der Waals surface area contributed by atoms with Gasteiger partial charge in [-0.2, -0.15) is 0 Å². The molecule has 0 aliphatic rings. The van der Waals surface area contributed by atoms with E-state index in [0.717, 1.165) is 0 Å². The predicted octanol–water partition coefficient (Wildman–Crippen LogP) is 3.01. The Hall–Kier alpha value is -1.18. The molecule has 0 spiro atoms. The molecule has 0 aromatic heterocycles. The maximum absolute atomic E-state index is 12.6. The number of halogens is 1. The minimum absolute atomic E-state index is 0.317. The van der Waals surface area contributed by atoms with E-state index in [0.29, 0.717) is 11.3 Å². The molecule has 0 aromatic rings. The molecule has 0 saturated heterocycles. The molecular formula is C9H12FN. The van der Waals surface area contributed by atoms with Crippen molar-refractivity contribution in [1.29, 1.82) is 5.41 Å². The molecule has 11 heavy (non-hydrogen) atoms. The highest BCUT2D eigenvalue weighted by Crippen LogP contribution is 2.05. The minimum Gasteiger partial charge on any atom is -0.305 e. The van der Waals surface area contributed by atoms with Crippen LogP contribution in [0.15, 0.2) is 36.2 Å². The average molecular weight is 153 g/mol. The van der Waals surface area contributed by atoms with Crippen molar-refractivity contribution < 1.29 is 4.39 Å². The molecule has 1 N–H and O–H groups in total. The van der Waals surface area contributed by atoms with Gasteiger partial charge in [0.1, 0.15) is 5.83 Å². The van der Waals surface area contributed by atoms with Crippen molar-refractivity contribution in [3.05, 3.63) is 36.2 Å². The third-order valence-corrected chi connectivity index (χ3v) is 1.22. The van der Waals surface area contributed by atoms with Crippen molar-refractivity contribution in [2.24, 2.45) is 0 Å². The van der Waals surface area contributed by atoms with Gasteiger partial charge in [-0.05, 0) is 25.5 Å². The van der Waals surface area contributed by atoms with E-state index in [1.54, 1.807) is 13.8 Å². The van der Waals surface area contributed by atoms with Gasteiger partial charge in [-0.15, -0.1) is 0 Å². The molecule has 0 aromatic carbocycles. The third kappa shape index (κ3) is 3.50. The highest BCUT2D eigenvalue weighted by molar-refractivity contribution is 5.98. The largest absolute Gasteiger partial charge is 0.305 e.